The van der Waals surface area contributed by atoms with Crippen LogP contribution < -0.4 is 11.1 Å². The van der Waals surface area contributed by atoms with Gasteiger partial charge in [-0.1, -0.05) is 23.3 Å². The topological polar surface area (TPSA) is 96.1 Å². The Morgan fingerprint density at radius 3 is 2.67 bits per heavy atom. The van der Waals surface area contributed by atoms with Gasteiger partial charge >= 0.3 is 0 Å². The van der Waals surface area contributed by atoms with Crippen LogP contribution in [0.3, 0.4) is 0 Å². The first kappa shape index (κ1) is 22.3. The third kappa shape index (κ3) is 4.89. The fraction of sp³-hybridized carbons (Fsp3) is 0.360. The van der Waals surface area contributed by atoms with Gasteiger partial charge in [-0.05, 0) is 59.2 Å². The van der Waals surface area contributed by atoms with Crippen LogP contribution in [-0.2, 0) is 15.9 Å². The van der Waals surface area contributed by atoms with E-state index in [1.54, 1.807) is 12.3 Å². The number of anilines is 1. The van der Waals surface area contributed by atoms with E-state index in [1.807, 2.05) is 6.07 Å². The zero-order valence-electron chi connectivity index (χ0n) is 18.3. The molecule has 2 saturated heterocycles. The summed E-state index contributed by atoms with van der Waals surface area (Å²) in [6.45, 7) is 2.28. The molecule has 2 fully saturated rings. The van der Waals surface area contributed by atoms with Crippen molar-refractivity contribution in [3.8, 4) is 22.3 Å². The predicted molar refractivity (Wildman–Crippen MR) is 129 cm³/mol. The molecule has 0 aliphatic carbocycles. The minimum Gasteiger partial charge on any atom is -0.616 e. The Morgan fingerprint density at radius 2 is 1.88 bits per heavy atom. The highest BCUT2D eigenvalue weighted by molar-refractivity contribution is 7.91. The lowest BCUT2D eigenvalue weighted by atomic mass is 9.84. The summed E-state index contributed by atoms with van der Waals surface area (Å²) >= 11 is -0.827. The molecule has 0 unspecified atom stereocenters. The van der Waals surface area contributed by atoms with E-state index in [0.29, 0.717) is 34.4 Å². The third-order valence-electron chi connectivity index (χ3n) is 6.49. The van der Waals surface area contributed by atoms with Crippen molar-refractivity contribution < 1.29 is 13.7 Å². The van der Waals surface area contributed by atoms with Crippen molar-refractivity contribution in [1.82, 2.24) is 15.3 Å². The van der Waals surface area contributed by atoms with Crippen LogP contribution in [0, 0.1) is 5.95 Å². The van der Waals surface area contributed by atoms with Crippen LogP contribution in [0.25, 0.3) is 22.3 Å². The van der Waals surface area contributed by atoms with E-state index in [2.05, 4.69) is 33.5 Å². The van der Waals surface area contributed by atoms with Crippen LogP contribution in [0.2, 0.25) is 0 Å². The van der Waals surface area contributed by atoms with Crippen molar-refractivity contribution in [2.75, 3.05) is 37.0 Å². The monoisotopic (exact) mass is 466 g/mol. The van der Waals surface area contributed by atoms with E-state index in [-0.39, 0.29) is 6.04 Å². The molecule has 4 heterocycles. The number of nitrogen functional groups attached to an aromatic ring is 1. The molecule has 2 aliphatic heterocycles. The van der Waals surface area contributed by atoms with Gasteiger partial charge in [-0.2, -0.15) is 4.39 Å². The Balaban J connectivity index is 1.56. The number of pyridine rings is 2. The molecule has 172 valence electrons. The number of nitrogens with one attached hydrogen (secondary N) is 1. The molecule has 8 heteroatoms. The minimum absolute atomic E-state index is 0.0490. The van der Waals surface area contributed by atoms with E-state index in [0.717, 1.165) is 43.7 Å². The number of benzene rings is 1. The second-order valence-corrected chi connectivity index (χ2v) is 10.2. The van der Waals surface area contributed by atoms with Crippen LogP contribution >= 0.6 is 0 Å². The molecule has 6 nitrogen and oxygen atoms in total. The fourth-order valence-electron chi connectivity index (χ4n) is 4.75. The Hall–Kier alpha value is -2.52. The maximum absolute atomic E-state index is 13.7. The highest BCUT2D eigenvalue weighted by atomic mass is 32.2. The van der Waals surface area contributed by atoms with Gasteiger partial charge in [0.2, 0.25) is 5.95 Å². The molecule has 2 aromatic heterocycles. The Morgan fingerprint density at radius 1 is 1.03 bits per heavy atom. The molecule has 33 heavy (non-hydrogen) atoms. The van der Waals surface area contributed by atoms with Crippen LogP contribution in [0.1, 0.15) is 35.9 Å². The van der Waals surface area contributed by atoms with Crippen molar-refractivity contribution in [3.63, 3.8) is 0 Å². The summed E-state index contributed by atoms with van der Waals surface area (Å²) in [7, 11) is 0. The molecule has 0 bridgehead atoms. The molecule has 3 N–H and O–H groups in total. The Kier molecular flexibility index (Phi) is 6.59. The van der Waals surface area contributed by atoms with Gasteiger partial charge in [0.05, 0.1) is 6.04 Å². The van der Waals surface area contributed by atoms with Crippen molar-refractivity contribution in [3.05, 3.63) is 65.9 Å². The normalized spacial score (nSPS) is 21.8. The summed E-state index contributed by atoms with van der Waals surface area (Å²) < 4.78 is 31.6. The largest absolute Gasteiger partial charge is 0.616 e. The number of nitrogens with two attached hydrogens (primary N) is 1. The zero-order chi connectivity index (χ0) is 22.8. The molecule has 2 atom stereocenters. The molecule has 3 aromatic rings. The second kappa shape index (κ2) is 9.77. The van der Waals surface area contributed by atoms with Gasteiger partial charge in [-0.25, -0.2) is 9.97 Å². The predicted octanol–water partition coefficient (Wildman–Crippen LogP) is 3.82. The van der Waals surface area contributed by atoms with Gasteiger partial charge in [-0.15, -0.1) is 0 Å². The molecule has 5 rings (SSSR count). The Bertz CT molecular complexity index is 1140. The molecule has 0 spiro atoms. The second-order valence-electron chi connectivity index (χ2n) is 8.57. The molecule has 0 amide bonds. The maximum Gasteiger partial charge on any atom is 0.213 e. The SMILES string of the molecule is Nc1ncc(-c2ccc(C3CCOCC3)c([C@H]3C[S@+]([O-])CCN3)c2)cc1-c1ccnc(F)c1. The zero-order valence-corrected chi connectivity index (χ0v) is 19.1. The number of nitrogens with zero attached hydrogens (tertiary/aromatic N) is 2. The molecule has 0 saturated carbocycles. The average Bonchev–Trinajstić information content (AvgIpc) is 2.84. The van der Waals surface area contributed by atoms with Gasteiger partial charge in [0.25, 0.3) is 0 Å². The van der Waals surface area contributed by atoms with E-state index < -0.39 is 17.1 Å². The number of halogens is 1. The van der Waals surface area contributed by atoms with E-state index >= 15 is 0 Å². The van der Waals surface area contributed by atoms with E-state index in [4.69, 9.17) is 10.5 Å². The van der Waals surface area contributed by atoms with Gasteiger partial charge in [-0.3, -0.25) is 0 Å². The lowest BCUT2D eigenvalue weighted by molar-refractivity contribution is 0.0850. The first-order chi connectivity index (χ1) is 16.1. The minimum atomic E-state index is -0.827. The maximum atomic E-state index is 13.7. The van der Waals surface area contributed by atoms with Crippen LogP contribution in [0.5, 0.6) is 0 Å². The molecule has 1 aromatic carbocycles. The van der Waals surface area contributed by atoms with Crippen molar-refractivity contribution in [1.29, 1.82) is 0 Å². The van der Waals surface area contributed by atoms with E-state index in [1.165, 1.54) is 23.4 Å². The standard InChI is InChI=1S/C25H27FN4O2S/c26-24-13-18(3-6-29-24)21-12-19(14-30-25(21)27)17-1-2-20(16-4-8-32-9-5-16)22(11-17)23-15-33(31)10-7-28-23/h1-3,6,11-14,16,23,28H,4-5,7-10,15H2,(H2,27,30)/t23-,33-/m1/s1. The molecule has 0 radical (unpaired) electrons. The quantitative estimate of drug-likeness (QED) is 0.448. The van der Waals surface area contributed by atoms with Crippen LogP contribution in [0.4, 0.5) is 10.2 Å². The molecular formula is C25H27FN4O2S. The van der Waals surface area contributed by atoms with Crippen LogP contribution in [-0.4, -0.2) is 45.8 Å². The lowest BCUT2D eigenvalue weighted by Crippen LogP contribution is -2.39. The van der Waals surface area contributed by atoms with Gasteiger partial charge in [0, 0.05) is 49.3 Å². The van der Waals surface area contributed by atoms with Crippen molar-refractivity contribution >= 4 is 17.0 Å². The van der Waals surface area contributed by atoms with Crippen LogP contribution in [0.15, 0.2) is 48.8 Å². The number of rotatable bonds is 4. The van der Waals surface area contributed by atoms with E-state index in [9.17, 15) is 8.94 Å². The third-order valence-corrected chi connectivity index (χ3v) is 7.85. The van der Waals surface area contributed by atoms with Crippen molar-refractivity contribution in [2.24, 2.45) is 0 Å². The van der Waals surface area contributed by atoms with Crippen molar-refractivity contribution in [2.45, 2.75) is 24.8 Å². The van der Waals surface area contributed by atoms with Gasteiger partial charge in [0.1, 0.15) is 17.3 Å². The number of ether oxygens (including phenoxy) is 1. The highest BCUT2D eigenvalue weighted by Crippen LogP contribution is 2.37. The summed E-state index contributed by atoms with van der Waals surface area (Å²) in [6, 6.07) is 11.6. The average molecular weight is 467 g/mol. The summed E-state index contributed by atoms with van der Waals surface area (Å²) in [5.74, 6) is 1.52. The smallest absolute Gasteiger partial charge is 0.213 e. The number of hydrogen-bond acceptors (Lipinski definition) is 6. The molecule has 2 aliphatic rings. The molecular weight excluding hydrogens is 439 g/mol. The summed E-state index contributed by atoms with van der Waals surface area (Å²) in [6.07, 6.45) is 5.15. The number of aromatic nitrogens is 2. The van der Waals surface area contributed by atoms with Gasteiger partial charge < -0.3 is 20.3 Å². The van der Waals surface area contributed by atoms with Gasteiger partial charge in [0.15, 0.2) is 0 Å². The number of hydrogen-bond donors (Lipinski definition) is 2. The summed E-state index contributed by atoms with van der Waals surface area (Å²) in [4.78, 5) is 8.01. The Labute approximate surface area is 196 Å². The first-order valence-electron chi connectivity index (χ1n) is 11.3. The summed E-state index contributed by atoms with van der Waals surface area (Å²) in [5, 5.41) is 3.57. The summed E-state index contributed by atoms with van der Waals surface area (Å²) in [5.41, 5.74) is 11.8. The highest BCUT2D eigenvalue weighted by Gasteiger charge is 2.29. The lowest BCUT2D eigenvalue weighted by Gasteiger charge is -2.31. The first-order valence-corrected chi connectivity index (χ1v) is 12.7. The fourth-order valence-corrected chi connectivity index (χ4v) is 5.93.